The molecule has 1 rings (SSSR count). The molecule has 1 unspecified atom stereocenters. The highest BCUT2D eigenvalue weighted by molar-refractivity contribution is 14.1. The van der Waals surface area contributed by atoms with Crippen LogP contribution >= 0.6 is 34.4 Å². The van der Waals surface area contributed by atoms with Gasteiger partial charge in [0.05, 0.1) is 11.0 Å². The van der Waals surface area contributed by atoms with Crippen molar-refractivity contribution in [2.75, 3.05) is 6.26 Å². The average molecular weight is 581 g/mol. The largest absolute Gasteiger partial charge is 0.410 e. The molecule has 0 radical (unpaired) electrons. The van der Waals surface area contributed by atoms with E-state index in [9.17, 15) is 8.42 Å². The van der Waals surface area contributed by atoms with Crippen molar-refractivity contribution in [1.29, 1.82) is 0 Å². The van der Waals surface area contributed by atoms with Gasteiger partial charge >= 0.3 is 0 Å². The molecule has 0 heterocycles. The topological polar surface area (TPSA) is 43.4 Å². The van der Waals surface area contributed by atoms with E-state index in [1.54, 1.807) is 24.3 Å². The monoisotopic (exact) mass is 580 g/mol. The third-order valence-corrected chi connectivity index (χ3v) is 15.6. The van der Waals surface area contributed by atoms with Gasteiger partial charge in [-0.15, -0.1) is 11.8 Å². The highest BCUT2D eigenvalue weighted by Gasteiger charge is 2.36. The smallest absolute Gasteiger partial charge is 0.192 e. The Bertz CT molecular complexity index is 797. The maximum atomic E-state index is 13.2. The summed E-state index contributed by atoms with van der Waals surface area (Å²) in [5.74, 6) is 0.0492. The van der Waals surface area contributed by atoms with E-state index < -0.39 is 22.7 Å². The minimum Gasteiger partial charge on any atom is -0.410 e. The molecule has 1 aromatic carbocycles. The Kier molecular flexibility index (Phi) is 11.9. The van der Waals surface area contributed by atoms with Crippen molar-refractivity contribution >= 4 is 52.5 Å². The molecule has 30 heavy (non-hydrogen) atoms. The number of hydrogen-bond donors (Lipinski definition) is 0. The standard InChI is InChI=1S/C23H37IO3S2Si/c1-8-30(9-2,10-3)27-23(19(5)17-24)20(6)18(4)16-22(28-7)29(25,26)21-14-12-11-13-15-21/h11-15,17,20,22-23H,4,8-10,16H2,1-3,5-7H3/b19-17+/t20-,22?,23+/m1/s1. The summed E-state index contributed by atoms with van der Waals surface area (Å²) in [7, 11) is -5.24. The number of hydrogen-bond acceptors (Lipinski definition) is 4. The summed E-state index contributed by atoms with van der Waals surface area (Å²) in [6.07, 6.45) is 2.23. The summed E-state index contributed by atoms with van der Waals surface area (Å²) in [5.41, 5.74) is 2.12. The van der Waals surface area contributed by atoms with E-state index in [0.29, 0.717) is 11.3 Å². The molecule has 0 spiro atoms. The van der Waals surface area contributed by atoms with Crippen LogP contribution in [0, 0.1) is 5.92 Å². The first-order chi connectivity index (χ1) is 14.1. The Morgan fingerprint density at radius 3 is 2.17 bits per heavy atom. The summed E-state index contributed by atoms with van der Waals surface area (Å²) in [4.78, 5) is 0.371. The second-order valence-electron chi connectivity index (χ2n) is 7.81. The summed E-state index contributed by atoms with van der Waals surface area (Å²) < 4.78 is 34.7. The Morgan fingerprint density at radius 2 is 1.73 bits per heavy atom. The van der Waals surface area contributed by atoms with E-state index in [-0.39, 0.29) is 12.0 Å². The average Bonchev–Trinajstić information content (AvgIpc) is 2.78. The molecule has 0 saturated carbocycles. The van der Waals surface area contributed by atoms with Crippen molar-refractivity contribution in [3.63, 3.8) is 0 Å². The SMILES string of the molecule is C=C(CC(SC)S(=O)(=O)c1ccccc1)[C@@H](C)[C@@H](O[Si](CC)(CC)CC)/C(C)=C/I. The summed E-state index contributed by atoms with van der Waals surface area (Å²) >= 11 is 3.64. The quantitative estimate of drug-likeness (QED) is 0.138. The molecule has 0 aliphatic rings. The molecule has 170 valence electrons. The Labute approximate surface area is 203 Å². The van der Waals surface area contributed by atoms with Crippen molar-refractivity contribution in [3.05, 3.63) is 52.1 Å². The van der Waals surface area contributed by atoms with E-state index in [2.05, 4.69) is 67.9 Å². The fourth-order valence-corrected chi connectivity index (χ4v) is 9.90. The molecule has 3 nitrogen and oxygen atoms in total. The summed E-state index contributed by atoms with van der Waals surface area (Å²) in [6, 6.07) is 12.0. The van der Waals surface area contributed by atoms with Crippen LogP contribution in [0.1, 0.15) is 41.0 Å². The minimum atomic E-state index is -3.43. The molecule has 0 fully saturated rings. The van der Waals surface area contributed by atoms with Gasteiger partial charge in [0.25, 0.3) is 0 Å². The van der Waals surface area contributed by atoms with Crippen LogP contribution in [0.4, 0.5) is 0 Å². The van der Waals surface area contributed by atoms with Gasteiger partial charge in [0.1, 0.15) is 4.58 Å². The second-order valence-corrected chi connectivity index (χ2v) is 16.6. The highest BCUT2D eigenvalue weighted by Crippen LogP contribution is 2.35. The van der Waals surface area contributed by atoms with E-state index >= 15 is 0 Å². The lowest BCUT2D eigenvalue weighted by atomic mass is 9.91. The molecule has 0 N–H and O–H groups in total. The third kappa shape index (κ3) is 6.95. The lowest BCUT2D eigenvalue weighted by Crippen LogP contribution is -2.43. The third-order valence-electron chi connectivity index (χ3n) is 6.14. The Hall–Kier alpha value is -0.0931. The van der Waals surface area contributed by atoms with Crippen molar-refractivity contribution in [2.24, 2.45) is 5.92 Å². The van der Waals surface area contributed by atoms with Gasteiger partial charge in [0.2, 0.25) is 0 Å². The van der Waals surface area contributed by atoms with Crippen LogP contribution in [0.3, 0.4) is 0 Å². The molecule has 7 heteroatoms. The van der Waals surface area contributed by atoms with E-state index in [1.807, 2.05) is 12.3 Å². The summed E-state index contributed by atoms with van der Waals surface area (Å²) in [5, 5.41) is 0. The molecule has 3 atom stereocenters. The predicted octanol–water partition coefficient (Wildman–Crippen LogP) is 7.46. The Morgan fingerprint density at radius 1 is 1.20 bits per heavy atom. The molecular formula is C23H37IO3S2Si. The highest BCUT2D eigenvalue weighted by atomic mass is 127. The van der Waals surface area contributed by atoms with Crippen LogP contribution in [0.5, 0.6) is 0 Å². The Balaban J connectivity index is 3.13. The second kappa shape index (κ2) is 12.8. The van der Waals surface area contributed by atoms with Crippen LogP contribution in [-0.4, -0.2) is 33.7 Å². The van der Waals surface area contributed by atoms with Gasteiger partial charge in [0.15, 0.2) is 18.2 Å². The van der Waals surface area contributed by atoms with Crippen molar-refractivity contribution < 1.29 is 12.8 Å². The molecule has 0 aliphatic carbocycles. The first-order valence-corrected chi connectivity index (χ1v) is 17.2. The van der Waals surface area contributed by atoms with Gasteiger partial charge in [0, 0.05) is 5.92 Å². The number of thioether (sulfide) groups is 1. The zero-order chi connectivity index (χ0) is 22.9. The van der Waals surface area contributed by atoms with E-state index in [1.165, 1.54) is 17.3 Å². The number of halogens is 1. The molecule has 1 aromatic rings. The maximum Gasteiger partial charge on any atom is 0.192 e. The molecule has 0 saturated heterocycles. The minimum absolute atomic E-state index is 0.0492. The number of rotatable bonds is 13. The van der Waals surface area contributed by atoms with E-state index in [4.69, 9.17) is 4.43 Å². The predicted molar refractivity (Wildman–Crippen MR) is 144 cm³/mol. The van der Waals surface area contributed by atoms with Crippen molar-refractivity contribution in [1.82, 2.24) is 0 Å². The number of sulfone groups is 1. The maximum absolute atomic E-state index is 13.2. The molecule has 0 amide bonds. The zero-order valence-electron chi connectivity index (χ0n) is 19.2. The zero-order valence-corrected chi connectivity index (χ0v) is 23.9. The van der Waals surface area contributed by atoms with Crippen LogP contribution in [0.25, 0.3) is 0 Å². The fraction of sp³-hybridized carbons (Fsp3) is 0.565. The molecule has 0 aromatic heterocycles. The summed E-state index contributed by atoms with van der Waals surface area (Å²) in [6.45, 7) is 15.2. The molecular weight excluding hydrogens is 543 g/mol. The first kappa shape index (κ1) is 27.9. The van der Waals surface area contributed by atoms with Gasteiger partial charge in [-0.05, 0) is 59.5 Å². The first-order valence-electron chi connectivity index (χ1n) is 10.6. The van der Waals surface area contributed by atoms with Crippen molar-refractivity contribution in [3.8, 4) is 0 Å². The van der Waals surface area contributed by atoms with Crippen molar-refractivity contribution in [2.45, 2.75) is 74.8 Å². The lowest BCUT2D eigenvalue weighted by molar-refractivity contribution is 0.178. The van der Waals surface area contributed by atoms with Crippen LogP contribution in [-0.2, 0) is 14.3 Å². The van der Waals surface area contributed by atoms with Gasteiger partial charge in [-0.1, -0.05) is 80.6 Å². The van der Waals surface area contributed by atoms with Crippen LogP contribution in [0.15, 0.2) is 57.0 Å². The molecule has 0 aliphatic heterocycles. The molecule has 0 bridgehead atoms. The van der Waals surface area contributed by atoms with Gasteiger partial charge in [-0.2, -0.15) is 0 Å². The van der Waals surface area contributed by atoms with Gasteiger partial charge in [-0.3, -0.25) is 0 Å². The normalized spacial score (nSPS) is 16.2. The van der Waals surface area contributed by atoms with E-state index in [0.717, 1.165) is 23.7 Å². The van der Waals surface area contributed by atoms with Gasteiger partial charge in [-0.25, -0.2) is 8.42 Å². The fourth-order valence-electron chi connectivity index (χ4n) is 3.62. The van der Waals surface area contributed by atoms with Crippen LogP contribution in [0.2, 0.25) is 18.1 Å². The lowest BCUT2D eigenvalue weighted by Gasteiger charge is -2.37. The van der Waals surface area contributed by atoms with Gasteiger partial charge < -0.3 is 4.43 Å². The number of benzene rings is 1. The van der Waals surface area contributed by atoms with Crippen LogP contribution < -0.4 is 0 Å².